The third-order valence-corrected chi connectivity index (χ3v) is 1.82. The quantitative estimate of drug-likeness (QED) is 0.522. The first kappa shape index (κ1) is 6.96. The van der Waals surface area contributed by atoms with E-state index in [1.807, 2.05) is 0 Å². The molecule has 54 valence electrons. The lowest BCUT2D eigenvalue weighted by atomic mass is 9.98. The highest BCUT2D eigenvalue weighted by Gasteiger charge is 2.22. The van der Waals surface area contributed by atoms with Crippen molar-refractivity contribution in [1.29, 1.82) is 0 Å². The van der Waals surface area contributed by atoms with E-state index in [9.17, 15) is 4.39 Å². The predicted octanol–water partition coefficient (Wildman–Crippen LogP) is -0.107. The zero-order chi connectivity index (χ0) is 6.69. The molecule has 0 spiro atoms. The first-order valence-corrected chi connectivity index (χ1v) is 3.39. The summed E-state index contributed by atoms with van der Waals surface area (Å²) in [5, 5.41) is 3.10. The van der Waals surface area contributed by atoms with Crippen molar-refractivity contribution in [3.05, 3.63) is 0 Å². The van der Waals surface area contributed by atoms with Crippen molar-refractivity contribution in [2.24, 2.45) is 11.7 Å². The standard InChI is InChI=1S/C6H13FN2/c7-6-1-2-9-4-5(6)3-8/h5-6,9H,1-4,8H2/t5-,6-/m1/s1. The Hall–Kier alpha value is -0.150. The summed E-state index contributed by atoms with van der Waals surface area (Å²) in [6.07, 6.45) is -0.0433. The molecule has 0 unspecified atom stereocenters. The molecule has 1 fully saturated rings. The summed E-state index contributed by atoms with van der Waals surface area (Å²) in [4.78, 5) is 0. The molecule has 1 rings (SSSR count). The van der Waals surface area contributed by atoms with Gasteiger partial charge in [-0.2, -0.15) is 0 Å². The summed E-state index contributed by atoms with van der Waals surface area (Å²) in [6, 6.07) is 0. The molecule has 0 aliphatic carbocycles. The van der Waals surface area contributed by atoms with Crippen molar-refractivity contribution in [3.63, 3.8) is 0 Å². The van der Waals surface area contributed by atoms with Crippen LogP contribution in [0.3, 0.4) is 0 Å². The van der Waals surface area contributed by atoms with Gasteiger partial charge in [-0.05, 0) is 19.5 Å². The second kappa shape index (κ2) is 3.13. The van der Waals surface area contributed by atoms with E-state index in [0.29, 0.717) is 13.0 Å². The van der Waals surface area contributed by atoms with Crippen LogP contribution in [0.2, 0.25) is 0 Å². The number of hydrogen-bond donors (Lipinski definition) is 2. The molecule has 2 atom stereocenters. The van der Waals surface area contributed by atoms with Crippen LogP contribution in [0.25, 0.3) is 0 Å². The maximum atomic E-state index is 12.7. The third kappa shape index (κ3) is 1.63. The van der Waals surface area contributed by atoms with E-state index >= 15 is 0 Å². The molecule has 0 aromatic heterocycles. The van der Waals surface area contributed by atoms with Crippen LogP contribution in [0.5, 0.6) is 0 Å². The van der Waals surface area contributed by atoms with Crippen molar-refractivity contribution in [3.8, 4) is 0 Å². The second-order valence-corrected chi connectivity index (χ2v) is 2.50. The SMILES string of the molecule is NC[C@@H]1CNCC[C@H]1F. The third-order valence-electron chi connectivity index (χ3n) is 1.82. The van der Waals surface area contributed by atoms with Crippen molar-refractivity contribution in [1.82, 2.24) is 5.32 Å². The van der Waals surface area contributed by atoms with Crippen LogP contribution in [0.1, 0.15) is 6.42 Å². The van der Waals surface area contributed by atoms with E-state index in [-0.39, 0.29) is 5.92 Å². The monoisotopic (exact) mass is 132 g/mol. The average Bonchev–Trinajstić information content (AvgIpc) is 1.89. The van der Waals surface area contributed by atoms with Gasteiger partial charge in [-0.1, -0.05) is 0 Å². The molecular weight excluding hydrogens is 119 g/mol. The Labute approximate surface area is 54.6 Å². The van der Waals surface area contributed by atoms with Gasteiger partial charge in [0.25, 0.3) is 0 Å². The van der Waals surface area contributed by atoms with E-state index in [0.717, 1.165) is 13.1 Å². The summed E-state index contributed by atoms with van der Waals surface area (Å²) in [6.45, 7) is 2.02. The van der Waals surface area contributed by atoms with Gasteiger partial charge in [0, 0.05) is 12.5 Å². The first-order valence-electron chi connectivity index (χ1n) is 3.39. The van der Waals surface area contributed by atoms with Crippen LogP contribution in [-0.2, 0) is 0 Å². The molecule has 2 nitrogen and oxygen atoms in total. The van der Waals surface area contributed by atoms with Crippen LogP contribution < -0.4 is 11.1 Å². The molecule has 0 amide bonds. The molecule has 0 saturated carbocycles. The normalized spacial score (nSPS) is 36.7. The molecule has 1 heterocycles. The van der Waals surface area contributed by atoms with Crippen LogP contribution >= 0.6 is 0 Å². The van der Waals surface area contributed by atoms with Crippen molar-refractivity contribution in [2.45, 2.75) is 12.6 Å². The fourth-order valence-electron chi connectivity index (χ4n) is 1.12. The van der Waals surface area contributed by atoms with Gasteiger partial charge in [0.2, 0.25) is 0 Å². The van der Waals surface area contributed by atoms with Gasteiger partial charge in [0.05, 0.1) is 0 Å². The molecule has 0 aromatic rings. The fourth-order valence-corrected chi connectivity index (χ4v) is 1.12. The maximum Gasteiger partial charge on any atom is 0.107 e. The summed E-state index contributed by atoms with van der Waals surface area (Å²) < 4.78 is 12.7. The molecule has 9 heavy (non-hydrogen) atoms. The van der Waals surface area contributed by atoms with Crippen LogP contribution in [-0.4, -0.2) is 25.8 Å². The van der Waals surface area contributed by atoms with Crippen molar-refractivity contribution < 1.29 is 4.39 Å². The summed E-state index contributed by atoms with van der Waals surface area (Å²) >= 11 is 0. The number of halogens is 1. The Morgan fingerprint density at radius 2 is 2.44 bits per heavy atom. The van der Waals surface area contributed by atoms with E-state index in [2.05, 4.69) is 5.32 Å². The molecule has 3 heteroatoms. The van der Waals surface area contributed by atoms with E-state index < -0.39 is 6.17 Å². The van der Waals surface area contributed by atoms with E-state index in [1.165, 1.54) is 0 Å². The van der Waals surface area contributed by atoms with Crippen LogP contribution in [0.4, 0.5) is 4.39 Å². The Morgan fingerprint density at radius 3 is 2.89 bits per heavy atom. The maximum absolute atomic E-state index is 12.7. The molecule has 0 aromatic carbocycles. The molecule has 0 radical (unpaired) electrons. The highest BCUT2D eigenvalue weighted by atomic mass is 19.1. The minimum absolute atomic E-state index is 0.0544. The smallest absolute Gasteiger partial charge is 0.107 e. The number of hydrogen-bond acceptors (Lipinski definition) is 2. The minimum atomic E-state index is -0.670. The van der Waals surface area contributed by atoms with Gasteiger partial charge in [-0.25, -0.2) is 4.39 Å². The van der Waals surface area contributed by atoms with Gasteiger partial charge in [0.15, 0.2) is 0 Å². The van der Waals surface area contributed by atoms with Crippen LogP contribution in [0, 0.1) is 5.92 Å². The van der Waals surface area contributed by atoms with Gasteiger partial charge in [0.1, 0.15) is 6.17 Å². The number of nitrogens with one attached hydrogen (secondary N) is 1. The molecule has 1 aliphatic heterocycles. The lowest BCUT2D eigenvalue weighted by Crippen LogP contribution is -2.41. The predicted molar refractivity (Wildman–Crippen MR) is 34.9 cm³/mol. The fraction of sp³-hybridized carbons (Fsp3) is 1.00. The molecule has 1 saturated heterocycles. The Morgan fingerprint density at radius 1 is 1.67 bits per heavy atom. The summed E-state index contributed by atoms with van der Waals surface area (Å²) in [5.41, 5.74) is 5.31. The lowest BCUT2D eigenvalue weighted by molar-refractivity contribution is 0.184. The molecule has 3 N–H and O–H groups in total. The van der Waals surface area contributed by atoms with Crippen LogP contribution in [0.15, 0.2) is 0 Å². The molecule has 1 aliphatic rings. The van der Waals surface area contributed by atoms with Gasteiger partial charge < -0.3 is 11.1 Å². The van der Waals surface area contributed by atoms with Gasteiger partial charge in [-0.15, -0.1) is 0 Å². The van der Waals surface area contributed by atoms with Crippen molar-refractivity contribution in [2.75, 3.05) is 19.6 Å². The Balaban J connectivity index is 2.30. The zero-order valence-corrected chi connectivity index (χ0v) is 5.44. The average molecular weight is 132 g/mol. The van der Waals surface area contributed by atoms with E-state index in [1.54, 1.807) is 0 Å². The molecule has 0 bridgehead atoms. The highest BCUT2D eigenvalue weighted by Crippen LogP contribution is 2.12. The van der Waals surface area contributed by atoms with Crippen molar-refractivity contribution >= 4 is 0 Å². The minimum Gasteiger partial charge on any atom is -0.330 e. The summed E-state index contributed by atoms with van der Waals surface area (Å²) in [7, 11) is 0. The first-order chi connectivity index (χ1) is 4.34. The number of alkyl halides is 1. The highest BCUT2D eigenvalue weighted by molar-refractivity contribution is 4.77. The number of nitrogens with two attached hydrogens (primary N) is 1. The number of rotatable bonds is 1. The number of piperidine rings is 1. The second-order valence-electron chi connectivity index (χ2n) is 2.50. The summed E-state index contributed by atoms with van der Waals surface area (Å²) in [5.74, 6) is 0.0544. The Kier molecular flexibility index (Phi) is 2.42. The van der Waals surface area contributed by atoms with Gasteiger partial charge >= 0.3 is 0 Å². The molecular formula is C6H13FN2. The van der Waals surface area contributed by atoms with E-state index in [4.69, 9.17) is 5.73 Å². The van der Waals surface area contributed by atoms with Gasteiger partial charge in [-0.3, -0.25) is 0 Å². The topological polar surface area (TPSA) is 38.0 Å². The largest absolute Gasteiger partial charge is 0.330 e. The lowest BCUT2D eigenvalue weighted by Gasteiger charge is -2.24. The Bertz CT molecular complexity index is 87.1. The zero-order valence-electron chi connectivity index (χ0n) is 5.44.